The van der Waals surface area contributed by atoms with Gasteiger partial charge in [0.15, 0.2) is 0 Å². The summed E-state index contributed by atoms with van der Waals surface area (Å²) in [6.07, 6.45) is 7.22. The maximum atomic E-state index is 10.6. The number of unbranched alkanes of at least 4 members (excludes halogenated alkanes) is 4. The Morgan fingerprint density at radius 1 is 1.25 bits per heavy atom. The second-order valence-corrected chi connectivity index (χ2v) is 3.51. The molecule has 0 bridgehead atoms. The largest absolute Gasteiger partial charge is 0.369 e. The SMILES string of the molecule is CCCCCCCC(C)C(N)=O. The van der Waals surface area contributed by atoms with Crippen LogP contribution in [0, 0.1) is 5.92 Å². The summed E-state index contributed by atoms with van der Waals surface area (Å²) in [5.74, 6) is -0.0999. The van der Waals surface area contributed by atoms with E-state index >= 15 is 0 Å². The summed E-state index contributed by atoms with van der Waals surface area (Å²) in [6.45, 7) is 4.11. The van der Waals surface area contributed by atoms with Gasteiger partial charge in [0, 0.05) is 5.92 Å². The minimum atomic E-state index is -0.162. The molecule has 2 N–H and O–H groups in total. The van der Waals surface area contributed by atoms with Crippen LogP contribution in [0.1, 0.15) is 52.4 Å². The maximum Gasteiger partial charge on any atom is 0.220 e. The Morgan fingerprint density at radius 2 is 1.83 bits per heavy atom. The second kappa shape index (κ2) is 7.14. The van der Waals surface area contributed by atoms with Crippen molar-refractivity contribution in [3.8, 4) is 0 Å². The Hall–Kier alpha value is -0.530. The van der Waals surface area contributed by atoms with E-state index in [-0.39, 0.29) is 11.8 Å². The van der Waals surface area contributed by atoms with Gasteiger partial charge in [0.25, 0.3) is 0 Å². The summed E-state index contributed by atoms with van der Waals surface area (Å²) in [5, 5.41) is 0. The highest BCUT2D eigenvalue weighted by Gasteiger charge is 2.06. The van der Waals surface area contributed by atoms with Crippen molar-refractivity contribution in [2.45, 2.75) is 52.4 Å². The number of primary amides is 1. The van der Waals surface area contributed by atoms with Crippen LogP contribution in [0.5, 0.6) is 0 Å². The van der Waals surface area contributed by atoms with E-state index in [9.17, 15) is 4.79 Å². The number of carbonyl (C=O) groups is 1. The summed E-state index contributed by atoms with van der Waals surface area (Å²) in [6, 6.07) is 0. The van der Waals surface area contributed by atoms with Crippen molar-refractivity contribution in [3.05, 3.63) is 0 Å². The molecule has 1 unspecified atom stereocenters. The molecule has 72 valence electrons. The van der Waals surface area contributed by atoms with E-state index in [1.807, 2.05) is 6.92 Å². The predicted molar refractivity (Wildman–Crippen MR) is 51.7 cm³/mol. The van der Waals surface area contributed by atoms with Gasteiger partial charge in [0.05, 0.1) is 0 Å². The lowest BCUT2D eigenvalue weighted by molar-refractivity contribution is -0.121. The Morgan fingerprint density at radius 3 is 2.33 bits per heavy atom. The monoisotopic (exact) mass is 171 g/mol. The van der Waals surface area contributed by atoms with Crippen molar-refractivity contribution in [2.75, 3.05) is 0 Å². The average Bonchev–Trinajstić information content (AvgIpc) is 2.03. The van der Waals surface area contributed by atoms with Crippen molar-refractivity contribution < 1.29 is 4.79 Å². The first kappa shape index (κ1) is 11.5. The van der Waals surface area contributed by atoms with Gasteiger partial charge in [0.1, 0.15) is 0 Å². The molecule has 0 aromatic carbocycles. The van der Waals surface area contributed by atoms with Crippen LogP contribution in [0.2, 0.25) is 0 Å². The molecular formula is C10H21NO. The Labute approximate surface area is 75.5 Å². The van der Waals surface area contributed by atoms with Crippen LogP contribution in [0.25, 0.3) is 0 Å². The third-order valence-electron chi connectivity index (χ3n) is 2.23. The van der Waals surface area contributed by atoms with E-state index < -0.39 is 0 Å². The molecule has 1 atom stereocenters. The Balaban J connectivity index is 3.14. The lowest BCUT2D eigenvalue weighted by Gasteiger charge is -2.05. The van der Waals surface area contributed by atoms with Gasteiger partial charge in [-0.25, -0.2) is 0 Å². The number of hydrogen-bond acceptors (Lipinski definition) is 1. The van der Waals surface area contributed by atoms with E-state index in [1.54, 1.807) is 0 Å². The molecule has 2 heteroatoms. The summed E-state index contributed by atoms with van der Waals surface area (Å²) >= 11 is 0. The molecule has 0 aliphatic carbocycles. The van der Waals surface area contributed by atoms with E-state index in [2.05, 4.69) is 6.92 Å². The van der Waals surface area contributed by atoms with Crippen LogP contribution in [-0.2, 0) is 4.79 Å². The summed E-state index contributed by atoms with van der Waals surface area (Å²) in [5.41, 5.74) is 5.14. The quantitative estimate of drug-likeness (QED) is 0.587. The van der Waals surface area contributed by atoms with Crippen LogP contribution in [0.4, 0.5) is 0 Å². The number of amides is 1. The molecule has 0 heterocycles. The first-order valence-corrected chi connectivity index (χ1v) is 4.97. The fourth-order valence-corrected chi connectivity index (χ4v) is 1.20. The molecular weight excluding hydrogens is 150 g/mol. The van der Waals surface area contributed by atoms with E-state index in [4.69, 9.17) is 5.73 Å². The topological polar surface area (TPSA) is 43.1 Å². The highest BCUT2D eigenvalue weighted by Crippen LogP contribution is 2.10. The zero-order valence-electron chi connectivity index (χ0n) is 8.31. The number of hydrogen-bond donors (Lipinski definition) is 1. The fourth-order valence-electron chi connectivity index (χ4n) is 1.20. The minimum Gasteiger partial charge on any atom is -0.369 e. The molecule has 12 heavy (non-hydrogen) atoms. The van der Waals surface area contributed by atoms with Gasteiger partial charge < -0.3 is 5.73 Å². The normalized spacial score (nSPS) is 12.8. The lowest BCUT2D eigenvalue weighted by atomic mass is 10.0. The van der Waals surface area contributed by atoms with Crippen molar-refractivity contribution >= 4 is 5.91 Å². The van der Waals surface area contributed by atoms with Crippen LogP contribution in [0.3, 0.4) is 0 Å². The van der Waals surface area contributed by atoms with Crippen molar-refractivity contribution in [3.63, 3.8) is 0 Å². The van der Waals surface area contributed by atoms with Crippen LogP contribution < -0.4 is 5.73 Å². The standard InChI is InChI=1S/C10H21NO/c1-3-4-5-6-7-8-9(2)10(11)12/h9H,3-8H2,1-2H3,(H2,11,12). The molecule has 0 aliphatic rings. The van der Waals surface area contributed by atoms with E-state index in [1.165, 1.54) is 25.7 Å². The molecule has 0 aromatic heterocycles. The van der Waals surface area contributed by atoms with Crippen molar-refractivity contribution in [1.29, 1.82) is 0 Å². The molecule has 0 saturated carbocycles. The third kappa shape index (κ3) is 6.20. The molecule has 0 radical (unpaired) electrons. The third-order valence-corrected chi connectivity index (χ3v) is 2.23. The van der Waals surface area contributed by atoms with Gasteiger partial charge in [-0.2, -0.15) is 0 Å². The molecule has 0 spiro atoms. The first-order valence-electron chi connectivity index (χ1n) is 4.97. The zero-order chi connectivity index (χ0) is 9.40. The lowest BCUT2D eigenvalue weighted by Crippen LogP contribution is -2.20. The molecule has 2 nitrogen and oxygen atoms in total. The van der Waals surface area contributed by atoms with Crippen LogP contribution in [0.15, 0.2) is 0 Å². The summed E-state index contributed by atoms with van der Waals surface area (Å²) in [7, 11) is 0. The average molecular weight is 171 g/mol. The van der Waals surface area contributed by atoms with E-state index in [0.29, 0.717) is 0 Å². The Bertz CT molecular complexity index is 123. The molecule has 1 amide bonds. The second-order valence-electron chi connectivity index (χ2n) is 3.51. The van der Waals surface area contributed by atoms with E-state index in [0.717, 1.165) is 12.8 Å². The number of nitrogens with two attached hydrogens (primary N) is 1. The number of carbonyl (C=O) groups excluding carboxylic acids is 1. The van der Waals surface area contributed by atoms with Gasteiger partial charge in [0.2, 0.25) is 5.91 Å². The molecule has 0 aromatic rings. The highest BCUT2D eigenvalue weighted by atomic mass is 16.1. The molecule has 0 aliphatic heterocycles. The highest BCUT2D eigenvalue weighted by molar-refractivity contribution is 5.76. The Kier molecular flexibility index (Phi) is 6.82. The van der Waals surface area contributed by atoms with Crippen molar-refractivity contribution in [2.24, 2.45) is 11.7 Å². The first-order chi connectivity index (χ1) is 5.68. The van der Waals surface area contributed by atoms with Gasteiger partial charge >= 0.3 is 0 Å². The van der Waals surface area contributed by atoms with Crippen molar-refractivity contribution in [1.82, 2.24) is 0 Å². The summed E-state index contributed by atoms with van der Waals surface area (Å²) < 4.78 is 0. The predicted octanol–water partition coefficient (Wildman–Crippen LogP) is 2.47. The smallest absolute Gasteiger partial charge is 0.220 e. The molecule has 0 rings (SSSR count). The van der Waals surface area contributed by atoms with Crippen LogP contribution >= 0.6 is 0 Å². The van der Waals surface area contributed by atoms with Gasteiger partial charge in [-0.1, -0.05) is 46.0 Å². The van der Waals surface area contributed by atoms with Crippen LogP contribution in [-0.4, -0.2) is 5.91 Å². The minimum absolute atomic E-state index is 0.0617. The van der Waals surface area contributed by atoms with Gasteiger partial charge in [-0.05, 0) is 6.42 Å². The number of rotatable bonds is 7. The fraction of sp³-hybridized carbons (Fsp3) is 0.900. The van der Waals surface area contributed by atoms with Gasteiger partial charge in [-0.3, -0.25) is 4.79 Å². The summed E-state index contributed by atoms with van der Waals surface area (Å²) in [4.78, 5) is 10.6. The maximum absolute atomic E-state index is 10.6. The molecule has 0 fully saturated rings. The zero-order valence-corrected chi connectivity index (χ0v) is 8.31. The van der Waals surface area contributed by atoms with Gasteiger partial charge in [-0.15, -0.1) is 0 Å². The molecule has 0 saturated heterocycles.